The Balaban J connectivity index is 1.56. The molecule has 0 radical (unpaired) electrons. The summed E-state index contributed by atoms with van der Waals surface area (Å²) in [6, 6.07) is 9.46. The van der Waals surface area contributed by atoms with Gasteiger partial charge in [0.15, 0.2) is 11.6 Å². The average molecular weight is 453 g/mol. The highest BCUT2D eigenvalue weighted by Gasteiger charge is 2.42. The highest BCUT2D eigenvalue weighted by molar-refractivity contribution is 6.00. The van der Waals surface area contributed by atoms with Crippen LogP contribution in [0.5, 0.6) is 0 Å². The van der Waals surface area contributed by atoms with Gasteiger partial charge in [-0.1, -0.05) is 37.3 Å². The molecule has 34 heavy (non-hydrogen) atoms. The Bertz CT molecular complexity index is 1400. The fourth-order valence-corrected chi connectivity index (χ4v) is 6.03. The monoisotopic (exact) mass is 452 g/mol. The Morgan fingerprint density at radius 1 is 1.12 bits per heavy atom. The number of H-pyrrole nitrogens is 1. The molecule has 4 aromatic rings. The van der Waals surface area contributed by atoms with E-state index < -0.39 is 5.82 Å². The van der Waals surface area contributed by atoms with Crippen LogP contribution >= 0.6 is 0 Å². The number of hydrogen-bond donors (Lipinski definition) is 2. The van der Waals surface area contributed by atoms with Crippen LogP contribution in [0.3, 0.4) is 0 Å². The van der Waals surface area contributed by atoms with Crippen LogP contribution in [-0.4, -0.2) is 26.0 Å². The summed E-state index contributed by atoms with van der Waals surface area (Å²) >= 11 is 0. The standard InChI is InChI=1S/C27H25FN6/c1-15-16-8-10-18(11-9-16)23(15)33-27-22(28)21(17-6-4-3-5-7-17)25(29-2)24(34-27)19-13-31-26-20(19)12-30-14-32-26/h3-7,12-16,18,23H,8-11H2,1H3,(H,33,34)(H,30,31,32)/t15-,16?,18?,23+/m0/s1. The van der Waals surface area contributed by atoms with Gasteiger partial charge in [-0.2, -0.15) is 0 Å². The molecule has 7 heteroatoms. The Morgan fingerprint density at radius 2 is 1.88 bits per heavy atom. The summed E-state index contributed by atoms with van der Waals surface area (Å²) in [5.74, 6) is 1.40. The van der Waals surface area contributed by atoms with E-state index in [2.05, 4.69) is 32.0 Å². The minimum Gasteiger partial charge on any atom is -0.364 e. The van der Waals surface area contributed by atoms with E-state index in [0.717, 1.165) is 5.39 Å². The van der Waals surface area contributed by atoms with Crippen molar-refractivity contribution in [3.63, 3.8) is 0 Å². The smallest absolute Gasteiger partial charge is 0.223 e. The fraction of sp³-hybridized carbons (Fsp3) is 0.333. The lowest BCUT2D eigenvalue weighted by Gasteiger charge is -2.47. The van der Waals surface area contributed by atoms with Gasteiger partial charge in [-0.15, -0.1) is 0 Å². The molecular formula is C27H25FN6. The third kappa shape index (κ3) is 3.25. The topological polar surface area (TPSA) is 70.8 Å². The van der Waals surface area contributed by atoms with Crippen molar-refractivity contribution in [2.45, 2.75) is 38.6 Å². The van der Waals surface area contributed by atoms with Crippen molar-refractivity contribution in [1.82, 2.24) is 19.9 Å². The zero-order valence-electron chi connectivity index (χ0n) is 18.9. The van der Waals surface area contributed by atoms with Crippen LogP contribution in [0.4, 0.5) is 15.9 Å². The number of anilines is 1. The average Bonchev–Trinajstić information content (AvgIpc) is 3.31. The Labute approximate surface area is 197 Å². The van der Waals surface area contributed by atoms with Crippen LogP contribution in [0.1, 0.15) is 32.6 Å². The maximum Gasteiger partial charge on any atom is 0.223 e. The largest absolute Gasteiger partial charge is 0.364 e. The zero-order valence-corrected chi connectivity index (χ0v) is 18.9. The molecule has 2 bridgehead atoms. The van der Waals surface area contributed by atoms with Crippen molar-refractivity contribution < 1.29 is 4.39 Å². The third-order valence-electron chi connectivity index (χ3n) is 7.83. The third-order valence-corrected chi connectivity index (χ3v) is 7.83. The molecule has 6 nitrogen and oxygen atoms in total. The fourth-order valence-electron chi connectivity index (χ4n) is 6.03. The number of aromatic nitrogens is 4. The lowest BCUT2D eigenvalue weighted by atomic mass is 9.62. The molecule has 0 amide bonds. The number of benzene rings is 1. The van der Waals surface area contributed by atoms with Gasteiger partial charge in [-0.25, -0.2) is 24.2 Å². The van der Waals surface area contributed by atoms with Gasteiger partial charge in [0, 0.05) is 34.9 Å². The van der Waals surface area contributed by atoms with Crippen molar-refractivity contribution >= 4 is 22.5 Å². The van der Waals surface area contributed by atoms with E-state index in [4.69, 9.17) is 11.6 Å². The van der Waals surface area contributed by atoms with Crippen LogP contribution < -0.4 is 5.32 Å². The van der Waals surface area contributed by atoms with Crippen LogP contribution in [-0.2, 0) is 0 Å². The highest BCUT2D eigenvalue weighted by Crippen LogP contribution is 2.48. The maximum atomic E-state index is 16.2. The number of rotatable bonds is 4. The van der Waals surface area contributed by atoms with Crippen LogP contribution in [0.25, 0.3) is 38.3 Å². The summed E-state index contributed by atoms with van der Waals surface area (Å²) in [6.07, 6.45) is 9.80. The summed E-state index contributed by atoms with van der Waals surface area (Å²) in [7, 11) is 0. The van der Waals surface area contributed by atoms with Crippen LogP contribution in [0.2, 0.25) is 0 Å². The predicted molar refractivity (Wildman–Crippen MR) is 131 cm³/mol. The molecule has 3 aliphatic carbocycles. The van der Waals surface area contributed by atoms with Crippen molar-refractivity contribution in [1.29, 1.82) is 0 Å². The molecule has 2 N–H and O–H groups in total. The van der Waals surface area contributed by atoms with Gasteiger partial charge in [0.05, 0.1) is 12.3 Å². The molecule has 3 saturated carbocycles. The van der Waals surface area contributed by atoms with Crippen LogP contribution in [0, 0.1) is 30.1 Å². The summed E-state index contributed by atoms with van der Waals surface area (Å²) in [6.45, 7) is 10.2. The van der Waals surface area contributed by atoms with Gasteiger partial charge in [-0.05, 0) is 49.0 Å². The van der Waals surface area contributed by atoms with E-state index >= 15 is 4.39 Å². The number of pyridine rings is 1. The molecule has 3 heterocycles. The SMILES string of the molecule is [C-]#[N+]c1c(-c2c[nH]c3ncncc23)nc(N[C@H]2C3CCC(CC3)[C@@H]2C)c(F)c1-c1ccccc1. The minimum absolute atomic E-state index is 0.177. The number of nitrogens with one attached hydrogen (secondary N) is 2. The second-order valence-corrected chi connectivity index (χ2v) is 9.52. The molecule has 0 unspecified atom stereocenters. The number of fused-ring (bicyclic) bond motifs is 4. The van der Waals surface area contributed by atoms with Gasteiger partial charge in [0.1, 0.15) is 12.0 Å². The van der Waals surface area contributed by atoms with E-state index in [0.29, 0.717) is 40.2 Å². The first-order chi connectivity index (χ1) is 16.7. The molecule has 3 fully saturated rings. The number of halogens is 1. The molecular weight excluding hydrogens is 427 g/mol. The molecule has 3 aromatic heterocycles. The van der Waals surface area contributed by atoms with Gasteiger partial charge in [0.2, 0.25) is 5.69 Å². The molecule has 0 spiro atoms. The van der Waals surface area contributed by atoms with Crippen LogP contribution in [0.15, 0.2) is 49.1 Å². The Hall–Kier alpha value is -3.79. The summed E-state index contributed by atoms with van der Waals surface area (Å²) < 4.78 is 16.2. The molecule has 7 rings (SSSR count). The summed E-state index contributed by atoms with van der Waals surface area (Å²) in [5.41, 5.74) is 2.92. The van der Waals surface area contributed by atoms with E-state index in [1.807, 2.05) is 30.3 Å². The Kier molecular flexibility index (Phi) is 5.02. The van der Waals surface area contributed by atoms with Crippen molar-refractivity contribution in [3.05, 3.63) is 66.3 Å². The Morgan fingerprint density at radius 3 is 2.62 bits per heavy atom. The van der Waals surface area contributed by atoms with Gasteiger partial charge in [-0.3, -0.25) is 0 Å². The first-order valence-corrected chi connectivity index (χ1v) is 11.9. The van der Waals surface area contributed by atoms with E-state index in [9.17, 15) is 0 Å². The van der Waals surface area contributed by atoms with Crippen molar-refractivity contribution in [2.75, 3.05) is 5.32 Å². The van der Waals surface area contributed by atoms with Crippen molar-refractivity contribution in [3.8, 4) is 22.4 Å². The predicted octanol–water partition coefficient (Wildman–Crippen LogP) is 6.61. The molecule has 0 aliphatic heterocycles. The normalized spacial score (nSPS) is 23.7. The summed E-state index contributed by atoms with van der Waals surface area (Å²) in [4.78, 5) is 20.1. The highest BCUT2D eigenvalue weighted by atomic mass is 19.1. The lowest BCUT2D eigenvalue weighted by molar-refractivity contribution is 0.0926. The number of nitrogens with zero attached hydrogens (tertiary/aromatic N) is 4. The lowest BCUT2D eigenvalue weighted by Crippen LogP contribution is -2.47. The first-order valence-electron chi connectivity index (χ1n) is 11.9. The van der Waals surface area contributed by atoms with Crippen molar-refractivity contribution in [2.24, 2.45) is 17.8 Å². The number of aromatic amines is 1. The minimum atomic E-state index is -0.467. The first kappa shape index (κ1) is 20.8. The van der Waals surface area contributed by atoms with Gasteiger partial charge >= 0.3 is 0 Å². The molecule has 2 atom stereocenters. The molecule has 170 valence electrons. The summed E-state index contributed by atoms with van der Waals surface area (Å²) in [5, 5.41) is 4.26. The second kappa shape index (κ2) is 8.21. The molecule has 1 aromatic carbocycles. The maximum absolute atomic E-state index is 16.2. The van der Waals surface area contributed by atoms with Gasteiger partial charge in [0.25, 0.3) is 0 Å². The molecule has 3 aliphatic rings. The number of hydrogen-bond acceptors (Lipinski definition) is 4. The zero-order chi connectivity index (χ0) is 23.2. The van der Waals surface area contributed by atoms with E-state index in [-0.39, 0.29) is 23.1 Å². The molecule has 0 saturated heterocycles. The van der Waals surface area contributed by atoms with E-state index in [1.54, 1.807) is 12.4 Å². The van der Waals surface area contributed by atoms with E-state index in [1.165, 1.54) is 32.0 Å². The quantitative estimate of drug-likeness (QED) is 0.342. The van der Waals surface area contributed by atoms with Gasteiger partial charge < -0.3 is 10.3 Å². The second-order valence-electron chi connectivity index (χ2n) is 9.52.